The van der Waals surface area contributed by atoms with Crippen molar-refractivity contribution in [1.82, 2.24) is 4.90 Å². The molecule has 0 bridgehead atoms. The zero-order valence-electron chi connectivity index (χ0n) is 11.2. The Balaban J connectivity index is 2.30. The quantitative estimate of drug-likeness (QED) is 0.251. The van der Waals surface area contributed by atoms with Crippen LogP contribution in [0.4, 0.5) is 0 Å². The summed E-state index contributed by atoms with van der Waals surface area (Å²) in [5.74, 6) is 0.323. The fraction of sp³-hybridized carbons (Fsp3) is 0.615. The molecule has 0 saturated heterocycles. The predicted octanol–water partition coefficient (Wildman–Crippen LogP) is 2.88. The van der Waals surface area contributed by atoms with E-state index in [1.807, 2.05) is 0 Å². The minimum Gasteiger partial charge on any atom is -0.409 e. The monoisotopic (exact) mass is 269 g/mol. The van der Waals surface area contributed by atoms with Crippen molar-refractivity contribution in [3.05, 3.63) is 22.4 Å². The molecule has 102 valence electrons. The van der Waals surface area contributed by atoms with Gasteiger partial charge in [-0.25, -0.2) is 0 Å². The fourth-order valence-corrected chi connectivity index (χ4v) is 2.52. The van der Waals surface area contributed by atoms with Crippen LogP contribution < -0.4 is 5.73 Å². The third-order valence-corrected chi connectivity index (χ3v) is 3.79. The van der Waals surface area contributed by atoms with Crippen molar-refractivity contribution in [3.8, 4) is 0 Å². The molecule has 0 radical (unpaired) electrons. The summed E-state index contributed by atoms with van der Waals surface area (Å²) < 4.78 is 0. The SMILES string of the molecule is CC(C)N(CCCCC(N)=NO)Cc1cccs1. The van der Waals surface area contributed by atoms with Crippen molar-refractivity contribution in [1.29, 1.82) is 0 Å². The molecule has 1 aromatic rings. The second-order valence-corrected chi connectivity index (χ2v) is 5.72. The fourth-order valence-electron chi connectivity index (χ4n) is 1.79. The Bertz CT molecular complexity index is 349. The molecule has 0 aliphatic heterocycles. The molecule has 0 spiro atoms. The van der Waals surface area contributed by atoms with Crippen LogP contribution in [0.3, 0.4) is 0 Å². The highest BCUT2D eigenvalue weighted by molar-refractivity contribution is 7.09. The Labute approximate surface area is 113 Å². The van der Waals surface area contributed by atoms with Gasteiger partial charge in [-0.1, -0.05) is 11.2 Å². The maximum atomic E-state index is 8.46. The molecule has 0 atom stereocenters. The molecule has 1 rings (SSSR count). The second-order valence-electron chi connectivity index (χ2n) is 4.69. The average molecular weight is 269 g/mol. The smallest absolute Gasteiger partial charge is 0.139 e. The van der Waals surface area contributed by atoms with E-state index in [-0.39, 0.29) is 0 Å². The molecule has 0 saturated carbocycles. The van der Waals surface area contributed by atoms with Gasteiger partial charge in [0.2, 0.25) is 0 Å². The third-order valence-electron chi connectivity index (χ3n) is 2.93. The molecule has 0 amide bonds. The number of hydrogen-bond acceptors (Lipinski definition) is 4. The first-order valence-corrected chi connectivity index (χ1v) is 7.24. The van der Waals surface area contributed by atoms with Crippen molar-refractivity contribution in [2.45, 2.75) is 45.7 Å². The first kappa shape index (κ1) is 15.0. The summed E-state index contributed by atoms with van der Waals surface area (Å²) >= 11 is 1.80. The molecule has 18 heavy (non-hydrogen) atoms. The van der Waals surface area contributed by atoms with Gasteiger partial charge >= 0.3 is 0 Å². The van der Waals surface area contributed by atoms with Gasteiger partial charge in [-0.15, -0.1) is 11.3 Å². The minimum atomic E-state index is 0.323. The van der Waals surface area contributed by atoms with Gasteiger partial charge in [-0.3, -0.25) is 4.90 Å². The predicted molar refractivity (Wildman–Crippen MR) is 77.1 cm³/mol. The number of rotatable bonds is 8. The van der Waals surface area contributed by atoms with Crippen LogP contribution in [0.2, 0.25) is 0 Å². The van der Waals surface area contributed by atoms with E-state index >= 15 is 0 Å². The third kappa shape index (κ3) is 5.51. The minimum absolute atomic E-state index is 0.323. The Hall–Kier alpha value is -1.07. The summed E-state index contributed by atoms with van der Waals surface area (Å²) in [6.45, 7) is 6.50. The number of thiophene rings is 1. The number of unbranched alkanes of at least 4 members (excludes halogenated alkanes) is 1. The Morgan fingerprint density at radius 2 is 2.28 bits per heavy atom. The molecular formula is C13H23N3OS. The normalized spacial score (nSPS) is 12.6. The number of oxime groups is 1. The molecule has 0 unspecified atom stereocenters. The lowest BCUT2D eigenvalue weighted by Crippen LogP contribution is -2.31. The molecule has 1 heterocycles. The Morgan fingerprint density at radius 1 is 1.50 bits per heavy atom. The van der Waals surface area contributed by atoms with E-state index in [1.165, 1.54) is 4.88 Å². The molecular weight excluding hydrogens is 246 g/mol. The lowest BCUT2D eigenvalue weighted by Gasteiger charge is -2.25. The van der Waals surface area contributed by atoms with Crippen LogP contribution >= 0.6 is 11.3 Å². The van der Waals surface area contributed by atoms with E-state index in [0.717, 1.165) is 25.9 Å². The number of amidine groups is 1. The van der Waals surface area contributed by atoms with E-state index < -0.39 is 0 Å². The molecule has 0 aliphatic rings. The topological polar surface area (TPSA) is 61.8 Å². The van der Waals surface area contributed by atoms with Crippen molar-refractivity contribution >= 4 is 17.2 Å². The Kier molecular flexibility index (Phi) is 6.75. The van der Waals surface area contributed by atoms with Crippen LogP contribution in [-0.2, 0) is 6.54 Å². The first-order chi connectivity index (χ1) is 8.63. The highest BCUT2D eigenvalue weighted by atomic mass is 32.1. The maximum Gasteiger partial charge on any atom is 0.139 e. The molecule has 1 aromatic heterocycles. The summed E-state index contributed by atoms with van der Waals surface area (Å²) in [5, 5.41) is 13.6. The highest BCUT2D eigenvalue weighted by Gasteiger charge is 2.10. The van der Waals surface area contributed by atoms with Crippen molar-refractivity contribution in [3.63, 3.8) is 0 Å². The molecule has 5 heteroatoms. The standard InChI is InChI=1S/C13H23N3OS/c1-11(2)16(10-12-6-5-9-18-12)8-4-3-7-13(14)15-17/h5-6,9,11,17H,3-4,7-8,10H2,1-2H3,(H2,14,15). The first-order valence-electron chi connectivity index (χ1n) is 6.36. The summed E-state index contributed by atoms with van der Waals surface area (Å²) in [4.78, 5) is 3.86. The lowest BCUT2D eigenvalue weighted by molar-refractivity contribution is 0.211. The lowest BCUT2D eigenvalue weighted by atomic mass is 10.2. The van der Waals surface area contributed by atoms with Crippen LogP contribution in [0.1, 0.15) is 38.0 Å². The van der Waals surface area contributed by atoms with Crippen LogP contribution in [0.15, 0.2) is 22.7 Å². The zero-order valence-corrected chi connectivity index (χ0v) is 12.0. The van der Waals surface area contributed by atoms with Crippen LogP contribution in [0.5, 0.6) is 0 Å². The summed E-state index contributed by atoms with van der Waals surface area (Å²) in [6, 6.07) is 4.81. The van der Waals surface area contributed by atoms with E-state index in [2.05, 4.69) is 41.4 Å². The van der Waals surface area contributed by atoms with E-state index in [0.29, 0.717) is 18.3 Å². The van der Waals surface area contributed by atoms with Crippen LogP contribution in [0.25, 0.3) is 0 Å². The second kappa shape index (κ2) is 8.11. The van der Waals surface area contributed by atoms with Crippen molar-refractivity contribution < 1.29 is 5.21 Å². The molecule has 0 aliphatic carbocycles. The average Bonchev–Trinajstić information content (AvgIpc) is 2.85. The summed E-state index contributed by atoms with van der Waals surface area (Å²) in [7, 11) is 0. The number of hydrogen-bond donors (Lipinski definition) is 2. The number of nitrogens with zero attached hydrogens (tertiary/aromatic N) is 2. The van der Waals surface area contributed by atoms with Gasteiger partial charge in [0.25, 0.3) is 0 Å². The van der Waals surface area contributed by atoms with E-state index in [4.69, 9.17) is 10.9 Å². The molecule has 0 aromatic carbocycles. The molecule has 0 fully saturated rings. The highest BCUT2D eigenvalue weighted by Crippen LogP contribution is 2.14. The zero-order chi connectivity index (χ0) is 13.4. The van der Waals surface area contributed by atoms with Crippen LogP contribution in [0, 0.1) is 0 Å². The maximum absolute atomic E-state index is 8.46. The van der Waals surface area contributed by atoms with Gasteiger partial charge in [0.15, 0.2) is 0 Å². The van der Waals surface area contributed by atoms with Crippen molar-refractivity contribution in [2.24, 2.45) is 10.9 Å². The van der Waals surface area contributed by atoms with Gasteiger partial charge in [-0.05, 0) is 44.7 Å². The largest absolute Gasteiger partial charge is 0.409 e. The summed E-state index contributed by atoms with van der Waals surface area (Å²) in [5.41, 5.74) is 5.45. The van der Waals surface area contributed by atoms with Crippen molar-refractivity contribution in [2.75, 3.05) is 6.54 Å². The summed E-state index contributed by atoms with van der Waals surface area (Å²) in [6.07, 6.45) is 2.70. The van der Waals surface area contributed by atoms with E-state index in [9.17, 15) is 0 Å². The van der Waals surface area contributed by atoms with E-state index in [1.54, 1.807) is 11.3 Å². The van der Waals surface area contributed by atoms with Crippen LogP contribution in [-0.4, -0.2) is 28.5 Å². The number of nitrogens with two attached hydrogens (primary N) is 1. The van der Waals surface area contributed by atoms with Gasteiger partial charge in [-0.2, -0.15) is 0 Å². The Morgan fingerprint density at radius 3 is 2.83 bits per heavy atom. The molecule has 3 N–H and O–H groups in total. The van der Waals surface area contributed by atoms with Gasteiger partial charge < -0.3 is 10.9 Å². The van der Waals surface area contributed by atoms with Gasteiger partial charge in [0.1, 0.15) is 5.84 Å². The van der Waals surface area contributed by atoms with Gasteiger partial charge in [0, 0.05) is 23.9 Å². The molecule has 4 nitrogen and oxygen atoms in total. The van der Waals surface area contributed by atoms with Gasteiger partial charge in [0.05, 0.1) is 0 Å².